The number of nitrogens with zero attached hydrogens (tertiary/aromatic N) is 2. The van der Waals surface area contributed by atoms with E-state index in [9.17, 15) is 4.79 Å². The molecule has 0 radical (unpaired) electrons. The van der Waals surface area contributed by atoms with Gasteiger partial charge in [-0.1, -0.05) is 11.6 Å². The van der Waals surface area contributed by atoms with E-state index in [1.807, 2.05) is 0 Å². The molecule has 0 saturated carbocycles. The number of hydrogen-bond acceptors (Lipinski definition) is 5. The topological polar surface area (TPSA) is 64.1 Å². The third-order valence-electron chi connectivity index (χ3n) is 1.37. The van der Waals surface area contributed by atoms with Gasteiger partial charge in [0.15, 0.2) is 0 Å². The van der Waals surface area contributed by atoms with Gasteiger partial charge < -0.3 is 10.1 Å². The summed E-state index contributed by atoms with van der Waals surface area (Å²) in [6, 6.07) is 0. The van der Waals surface area contributed by atoms with E-state index in [1.54, 1.807) is 6.92 Å². The summed E-state index contributed by atoms with van der Waals surface area (Å²) in [5, 5.41) is 3.11. The normalized spacial score (nSPS) is 9.57. The molecule has 1 aromatic heterocycles. The molecule has 6 heteroatoms. The highest BCUT2D eigenvalue weighted by Gasteiger charge is 2.04. The van der Waals surface area contributed by atoms with Crippen LogP contribution in [0.2, 0.25) is 5.02 Å². The van der Waals surface area contributed by atoms with Crippen molar-refractivity contribution < 1.29 is 9.53 Å². The molecule has 1 aromatic rings. The Kier molecular flexibility index (Phi) is 4.12. The third-order valence-corrected chi connectivity index (χ3v) is 1.65. The first kappa shape index (κ1) is 10.7. The van der Waals surface area contributed by atoms with Crippen molar-refractivity contribution in [1.82, 2.24) is 9.97 Å². The molecular formula is C8H10ClN3O2. The minimum atomic E-state index is -0.345. The largest absolute Gasteiger partial charge is 0.465 e. The van der Waals surface area contributed by atoms with Crippen LogP contribution in [-0.4, -0.2) is 29.1 Å². The zero-order valence-electron chi connectivity index (χ0n) is 7.66. The van der Waals surface area contributed by atoms with Crippen molar-refractivity contribution in [2.24, 2.45) is 0 Å². The predicted octanol–water partition coefficient (Wildman–Crippen LogP) is 1.10. The van der Waals surface area contributed by atoms with Crippen molar-refractivity contribution in [3.8, 4) is 0 Å². The van der Waals surface area contributed by atoms with Gasteiger partial charge in [-0.15, -0.1) is 0 Å². The number of halogens is 1. The molecule has 0 spiro atoms. The van der Waals surface area contributed by atoms with Crippen LogP contribution in [0.25, 0.3) is 0 Å². The lowest BCUT2D eigenvalue weighted by molar-refractivity contribution is -0.140. The molecule has 0 bridgehead atoms. The minimum absolute atomic E-state index is 0.0462. The Morgan fingerprint density at radius 3 is 3.14 bits per heavy atom. The number of ether oxygens (including phenoxy) is 1. The zero-order chi connectivity index (χ0) is 10.4. The predicted molar refractivity (Wildman–Crippen MR) is 52.2 cm³/mol. The van der Waals surface area contributed by atoms with Gasteiger partial charge in [-0.2, -0.15) is 0 Å². The van der Waals surface area contributed by atoms with E-state index < -0.39 is 0 Å². The molecular weight excluding hydrogens is 206 g/mol. The number of carbonyl (C=O) groups is 1. The highest BCUT2D eigenvalue weighted by atomic mass is 35.5. The molecule has 0 aromatic carbocycles. The number of hydrogen-bond donors (Lipinski definition) is 1. The Morgan fingerprint density at radius 2 is 2.50 bits per heavy atom. The Bertz CT molecular complexity index is 319. The first-order valence-corrected chi connectivity index (χ1v) is 4.46. The summed E-state index contributed by atoms with van der Waals surface area (Å²) in [5.74, 6) is 0.0805. The lowest BCUT2D eigenvalue weighted by Crippen LogP contribution is -2.17. The van der Waals surface area contributed by atoms with E-state index in [0.29, 0.717) is 17.4 Å². The van der Waals surface area contributed by atoms with E-state index in [-0.39, 0.29) is 12.5 Å². The van der Waals surface area contributed by atoms with Crippen LogP contribution in [0.1, 0.15) is 6.92 Å². The molecule has 0 unspecified atom stereocenters. The molecule has 14 heavy (non-hydrogen) atoms. The fourth-order valence-corrected chi connectivity index (χ4v) is 0.983. The average Bonchev–Trinajstić information content (AvgIpc) is 2.17. The highest BCUT2D eigenvalue weighted by Crippen LogP contribution is 2.15. The number of anilines is 1. The Labute approximate surface area is 86.5 Å². The molecule has 76 valence electrons. The smallest absolute Gasteiger partial charge is 0.325 e. The summed E-state index contributed by atoms with van der Waals surface area (Å²) >= 11 is 5.75. The molecule has 0 amide bonds. The van der Waals surface area contributed by atoms with Crippen molar-refractivity contribution in [1.29, 1.82) is 0 Å². The summed E-state index contributed by atoms with van der Waals surface area (Å²) in [7, 11) is 0. The minimum Gasteiger partial charge on any atom is -0.465 e. The molecule has 0 aliphatic carbocycles. The number of rotatable bonds is 4. The lowest BCUT2D eigenvalue weighted by atomic mass is 10.5. The van der Waals surface area contributed by atoms with Gasteiger partial charge in [-0.3, -0.25) is 4.79 Å². The summed E-state index contributed by atoms with van der Waals surface area (Å²) in [6.45, 7) is 2.15. The zero-order valence-corrected chi connectivity index (χ0v) is 8.41. The summed E-state index contributed by atoms with van der Waals surface area (Å²) in [4.78, 5) is 18.5. The van der Waals surface area contributed by atoms with Gasteiger partial charge in [0.2, 0.25) is 0 Å². The van der Waals surface area contributed by atoms with Crippen molar-refractivity contribution >= 4 is 23.4 Å². The number of aromatic nitrogens is 2. The van der Waals surface area contributed by atoms with E-state index in [4.69, 9.17) is 16.3 Å². The SMILES string of the molecule is CCOC(=O)CNc1ncncc1Cl. The molecule has 0 atom stereocenters. The van der Waals surface area contributed by atoms with Crippen molar-refractivity contribution in [3.63, 3.8) is 0 Å². The van der Waals surface area contributed by atoms with Crippen LogP contribution in [0.5, 0.6) is 0 Å². The number of nitrogens with one attached hydrogen (secondary N) is 1. The fourth-order valence-electron chi connectivity index (χ4n) is 0.811. The van der Waals surface area contributed by atoms with E-state index in [1.165, 1.54) is 12.5 Å². The standard InChI is InChI=1S/C8H10ClN3O2/c1-2-14-7(13)4-11-8-6(9)3-10-5-12-8/h3,5H,2,4H2,1H3,(H,10,11,12). The number of carbonyl (C=O) groups excluding carboxylic acids is 1. The summed E-state index contributed by atoms with van der Waals surface area (Å²) in [5.41, 5.74) is 0. The summed E-state index contributed by atoms with van der Waals surface area (Å²) in [6.07, 6.45) is 2.79. The highest BCUT2D eigenvalue weighted by molar-refractivity contribution is 6.32. The van der Waals surface area contributed by atoms with Gasteiger partial charge in [-0.05, 0) is 6.92 Å². The van der Waals surface area contributed by atoms with Gasteiger partial charge in [0.1, 0.15) is 23.7 Å². The second-order valence-corrected chi connectivity index (χ2v) is 2.79. The lowest BCUT2D eigenvalue weighted by Gasteiger charge is -2.05. The van der Waals surface area contributed by atoms with Gasteiger partial charge in [0, 0.05) is 0 Å². The van der Waals surface area contributed by atoms with Gasteiger partial charge >= 0.3 is 5.97 Å². The molecule has 5 nitrogen and oxygen atoms in total. The van der Waals surface area contributed by atoms with Crippen LogP contribution < -0.4 is 5.32 Å². The molecule has 0 aliphatic rings. The van der Waals surface area contributed by atoms with Crippen LogP contribution in [0.3, 0.4) is 0 Å². The van der Waals surface area contributed by atoms with Crippen LogP contribution >= 0.6 is 11.6 Å². The van der Waals surface area contributed by atoms with Gasteiger partial charge in [0.05, 0.1) is 12.8 Å². The van der Waals surface area contributed by atoms with E-state index in [2.05, 4.69) is 15.3 Å². The van der Waals surface area contributed by atoms with Gasteiger partial charge in [0.25, 0.3) is 0 Å². The van der Waals surface area contributed by atoms with Crippen LogP contribution in [0.15, 0.2) is 12.5 Å². The molecule has 0 fully saturated rings. The first-order chi connectivity index (χ1) is 6.74. The van der Waals surface area contributed by atoms with Crippen LogP contribution in [0, 0.1) is 0 Å². The maximum absolute atomic E-state index is 11.0. The maximum atomic E-state index is 11.0. The molecule has 1 N–H and O–H groups in total. The molecule has 0 aliphatic heterocycles. The van der Waals surface area contributed by atoms with Crippen molar-refractivity contribution in [2.45, 2.75) is 6.92 Å². The molecule has 1 heterocycles. The van der Waals surface area contributed by atoms with Gasteiger partial charge in [-0.25, -0.2) is 9.97 Å². The molecule has 1 rings (SSSR count). The first-order valence-electron chi connectivity index (χ1n) is 4.09. The van der Waals surface area contributed by atoms with E-state index >= 15 is 0 Å². The number of esters is 1. The Hall–Kier alpha value is -1.36. The van der Waals surface area contributed by atoms with Crippen molar-refractivity contribution in [2.75, 3.05) is 18.5 Å². The maximum Gasteiger partial charge on any atom is 0.325 e. The average molecular weight is 216 g/mol. The van der Waals surface area contributed by atoms with Crippen LogP contribution in [-0.2, 0) is 9.53 Å². The fraction of sp³-hybridized carbons (Fsp3) is 0.375. The summed E-state index contributed by atoms with van der Waals surface area (Å²) < 4.78 is 4.72. The second kappa shape index (κ2) is 5.39. The van der Waals surface area contributed by atoms with Crippen LogP contribution in [0.4, 0.5) is 5.82 Å². The quantitative estimate of drug-likeness (QED) is 0.763. The monoisotopic (exact) mass is 215 g/mol. The Balaban J connectivity index is 2.46. The van der Waals surface area contributed by atoms with Crippen molar-refractivity contribution in [3.05, 3.63) is 17.5 Å². The third kappa shape index (κ3) is 3.18. The van der Waals surface area contributed by atoms with E-state index in [0.717, 1.165) is 0 Å². The molecule has 0 saturated heterocycles. The second-order valence-electron chi connectivity index (χ2n) is 2.38. The Morgan fingerprint density at radius 1 is 1.71 bits per heavy atom.